The van der Waals surface area contributed by atoms with Crippen molar-refractivity contribution in [3.8, 4) is 28.4 Å². The molecule has 6 heteroatoms. The Morgan fingerprint density at radius 2 is 1.14 bits per heavy atom. The van der Waals surface area contributed by atoms with Gasteiger partial charge in [-0.2, -0.15) is 12.1 Å². The molecule has 0 amide bonds. The van der Waals surface area contributed by atoms with Crippen LogP contribution in [0.4, 0.5) is 11.4 Å². The normalized spacial score (nSPS) is 15.9. The van der Waals surface area contributed by atoms with Gasteiger partial charge in [0.25, 0.3) is 0 Å². The first-order valence-corrected chi connectivity index (χ1v) is 24.2. The van der Waals surface area contributed by atoms with E-state index in [0.29, 0.717) is 61.4 Å². The molecule has 5 nitrogen and oxygen atoms in total. The van der Waals surface area contributed by atoms with E-state index >= 15 is 0 Å². The maximum Gasteiger partial charge on any atom is 0.135 e. The largest absolute Gasteiger partial charge is 0.509 e. The molecule has 0 bridgehead atoms. The Balaban J connectivity index is 0.00000752. The number of rotatable bonds is 5. The van der Waals surface area contributed by atoms with Crippen LogP contribution in [0.3, 0.4) is 0 Å². The van der Waals surface area contributed by atoms with Gasteiger partial charge in [-0.15, -0.1) is 35.7 Å². The minimum absolute atomic E-state index is 0. The van der Waals surface area contributed by atoms with Crippen LogP contribution in [0.2, 0.25) is 0 Å². The Hall–Kier alpha value is -7.33. The molecule has 8 aromatic carbocycles. The van der Waals surface area contributed by atoms with Crippen LogP contribution in [0.15, 0.2) is 170 Å². The summed E-state index contributed by atoms with van der Waals surface area (Å²) in [5, 5.41) is 6.72. The molecule has 0 aliphatic carbocycles. The molecule has 1 aliphatic rings. The first-order valence-electron chi connectivity index (χ1n) is 30.2. The molecule has 366 valence electrons. The molecular weight excluding hydrogens is 1070 g/mol. The van der Waals surface area contributed by atoms with Crippen molar-refractivity contribution >= 4 is 76.5 Å². The van der Waals surface area contributed by atoms with Crippen LogP contribution in [0.1, 0.15) is 101 Å². The summed E-state index contributed by atoms with van der Waals surface area (Å²) in [7, 11) is 0. The number of aromatic nitrogens is 3. The zero-order valence-electron chi connectivity index (χ0n) is 53.3. The number of pyridine rings is 1. The van der Waals surface area contributed by atoms with Gasteiger partial charge in [0.2, 0.25) is 0 Å². The molecule has 0 unspecified atom stereocenters. The predicted octanol–water partition coefficient (Wildman–Crippen LogP) is 18.1. The SMILES string of the molecule is [2H]C([2H])([2H])c1ccc2c3ccccc3c3ccccc3c3cccc(-c4cc(C(C)(C)C)cc(C(C([2H])([2H])[2H])(C([2H])([2H])[2H])C([2H])([2H])[2H])c4)c3n3c2c1N(c1[c-]c(Oc2[c-]c4c(cc2)c2ccccc2n4-c2cc(C(C)(C)C)ccn2)ccc1)[CH-]3.[Pt]. The summed E-state index contributed by atoms with van der Waals surface area (Å²) < 4.78 is 118. The van der Waals surface area contributed by atoms with Gasteiger partial charge in [0.05, 0.1) is 0 Å². The van der Waals surface area contributed by atoms with Crippen LogP contribution in [-0.4, -0.2) is 14.1 Å². The Kier molecular flexibility index (Phi) is 8.67. The summed E-state index contributed by atoms with van der Waals surface area (Å²) in [6.07, 6.45) is 1.83. The Morgan fingerprint density at radius 3 is 1.82 bits per heavy atom. The van der Waals surface area contributed by atoms with Crippen molar-refractivity contribution in [3.63, 3.8) is 0 Å². The van der Waals surface area contributed by atoms with E-state index in [-0.39, 0.29) is 37.6 Å². The molecule has 0 atom stereocenters. The fourth-order valence-corrected chi connectivity index (χ4v) is 10.4. The second-order valence-corrected chi connectivity index (χ2v) is 20.9. The van der Waals surface area contributed by atoms with Gasteiger partial charge in [-0.05, 0) is 130 Å². The van der Waals surface area contributed by atoms with Crippen molar-refractivity contribution in [2.45, 2.75) is 85.2 Å². The summed E-state index contributed by atoms with van der Waals surface area (Å²) in [5.74, 6) is 1.45. The molecule has 73 heavy (non-hydrogen) atoms. The number of benzene rings is 8. The van der Waals surface area contributed by atoms with Crippen molar-refractivity contribution in [2.24, 2.45) is 0 Å². The van der Waals surface area contributed by atoms with Crippen LogP contribution in [0.5, 0.6) is 11.5 Å². The molecule has 0 N–H and O–H groups in total. The average molecular weight is 1140 g/mol. The Morgan fingerprint density at radius 1 is 0.534 bits per heavy atom. The molecule has 0 radical (unpaired) electrons. The molecule has 4 heterocycles. The van der Waals surface area contributed by atoms with E-state index in [2.05, 4.69) is 55.7 Å². The average Bonchev–Trinajstić information content (AvgIpc) is 2.48. The minimum atomic E-state index is -3.54. The minimum Gasteiger partial charge on any atom is -0.509 e. The summed E-state index contributed by atoms with van der Waals surface area (Å²) in [4.78, 5) is 6.64. The predicted molar refractivity (Wildman–Crippen MR) is 303 cm³/mol. The molecule has 1 aliphatic heterocycles. The van der Waals surface area contributed by atoms with Crippen molar-refractivity contribution < 1.29 is 42.3 Å². The summed E-state index contributed by atoms with van der Waals surface area (Å²) in [6.45, 7) is 0.726. The molecular formula is C67H59N4OPt-3. The third-order valence-electron chi connectivity index (χ3n) is 14.0. The van der Waals surface area contributed by atoms with Crippen LogP contribution >= 0.6 is 0 Å². The molecule has 0 saturated heterocycles. The van der Waals surface area contributed by atoms with E-state index < -0.39 is 38.2 Å². The number of nitrogens with zero attached hydrogens (tertiary/aromatic N) is 4. The first-order chi connectivity index (χ1) is 39.5. The molecule has 12 rings (SSSR count). The van der Waals surface area contributed by atoms with Crippen LogP contribution in [-0.2, 0) is 37.3 Å². The van der Waals surface area contributed by atoms with E-state index in [1.165, 1.54) is 12.1 Å². The van der Waals surface area contributed by atoms with Gasteiger partial charge in [-0.3, -0.25) is 0 Å². The molecule has 0 spiro atoms. The summed E-state index contributed by atoms with van der Waals surface area (Å²) >= 11 is 0. The maximum atomic E-state index is 9.14. The number of aryl methyl sites for hydroxylation is 1. The number of hydrogen-bond donors (Lipinski definition) is 0. The monoisotopic (exact) mass is 1140 g/mol. The van der Waals surface area contributed by atoms with Crippen LogP contribution in [0, 0.1) is 25.7 Å². The second-order valence-electron chi connectivity index (χ2n) is 20.9. The van der Waals surface area contributed by atoms with Gasteiger partial charge in [0.15, 0.2) is 0 Å². The van der Waals surface area contributed by atoms with Gasteiger partial charge in [-0.1, -0.05) is 189 Å². The van der Waals surface area contributed by atoms with E-state index in [4.69, 9.17) is 26.2 Å². The Labute approximate surface area is 460 Å². The molecule has 3 aromatic heterocycles. The number of anilines is 2. The van der Waals surface area contributed by atoms with Gasteiger partial charge in [0.1, 0.15) is 5.82 Å². The van der Waals surface area contributed by atoms with Crippen molar-refractivity contribution in [3.05, 3.63) is 211 Å². The van der Waals surface area contributed by atoms with E-state index in [9.17, 15) is 0 Å². The third kappa shape index (κ3) is 8.23. The molecule has 0 saturated carbocycles. The third-order valence-corrected chi connectivity index (χ3v) is 14.0. The number of para-hydroxylation sites is 2. The molecule has 11 aromatic rings. The van der Waals surface area contributed by atoms with E-state index in [1.807, 2.05) is 160 Å². The zero-order chi connectivity index (χ0) is 59.8. The smallest absolute Gasteiger partial charge is 0.135 e. The second kappa shape index (κ2) is 17.7. The van der Waals surface area contributed by atoms with Crippen LogP contribution in [0.25, 0.3) is 82.1 Å². The number of ether oxygens (including phenoxy) is 1. The van der Waals surface area contributed by atoms with Crippen LogP contribution < -0.4 is 9.64 Å². The van der Waals surface area contributed by atoms with Gasteiger partial charge in [-0.25, -0.2) is 4.98 Å². The maximum absolute atomic E-state index is 9.14. The van der Waals surface area contributed by atoms with E-state index in [1.54, 1.807) is 17.0 Å². The number of hydrogen-bond acceptors (Lipinski definition) is 3. The fraction of sp³-hybridized carbons (Fsp3) is 0.194. The van der Waals surface area contributed by atoms with Crippen molar-refractivity contribution in [1.29, 1.82) is 0 Å². The standard InChI is InChI=1S/C67H59N4O.Pt/c1-42-29-31-58-54-24-14-12-22-52(54)51-21-11-13-23-53(51)57-27-18-26-50(43-35-45(66(5,6)7)37-46(36-43)67(8,9)10)63(57)70-41-69(62(42)64(58)70)47-19-17-20-48(39-47)72-49-30-32-56-55-25-15-16-28-59(55)71(60(56)40-49)61-38-44(33-34-68-61)65(2,3)4;/h11-38,41H,1-10H3;/q-3;/i1D3,5D3,6D3,7D3;. The summed E-state index contributed by atoms with van der Waals surface area (Å²) in [6, 6.07) is 58.3. The quantitative estimate of drug-likeness (QED) is 0.161. The van der Waals surface area contributed by atoms with Crippen molar-refractivity contribution in [2.75, 3.05) is 4.90 Å². The van der Waals surface area contributed by atoms with Gasteiger partial charge in [0, 0.05) is 66.4 Å². The fourth-order valence-electron chi connectivity index (χ4n) is 10.4. The van der Waals surface area contributed by atoms with Gasteiger partial charge >= 0.3 is 0 Å². The van der Waals surface area contributed by atoms with Crippen molar-refractivity contribution in [1.82, 2.24) is 14.1 Å². The van der Waals surface area contributed by atoms with E-state index in [0.717, 1.165) is 54.7 Å². The number of fused-ring (bicyclic) bond motifs is 10. The topological polar surface area (TPSA) is 35.2 Å². The zero-order valence-corrected chi connectivity index (χ0v) is 43.5. The van der Waals surface area contributed by atoms with Gasteiger partial charge < -0.3 is 18.8 Å². The Bertz CT molecular complexity index is 4520. The molecule has 0 fully saturated rings. The first kappa shape index (κ1) is 35.7. The summed E-state index contributed by atoms with van der Waals surface area (Å²) in [5.41, 5.74) is 1.41.